The topological polar surface area (TPSA) is 29.5 Å². The molecule has 0 aromatic heterocycles. The van der Waals surface area contributed by atoms with Crippen LogP contribution in [0.5, 0.6) is 5.75 Å². The van der Waals surface area contributed by atoms with Crippen LogP contribution in [0.25, 0.3) is 0 Å². The molecule has 1 fully saturated rings. The van der Waals surface area contributed by atoms with Crippen molar-refractivity contribution in [1.29, 1.82) is 0 Å². The number of methoxy groups -OCH3 is 1. The van der Waals surface area contributed by atoms with Crippen LogP contribution in [0, 0.1) is 5.92 Å². The SMILES string of the molecule is COc1ccc(C(c2ccccc2)(c2ccccc2)N2C(=O)[C@H]3C=C[C@@H]2C3)cc1. The molecule has 3 aromatic rings. The van der Waals surface area contributed by atoms with Gasteiger partial charge in [0.25, 0.3) is 0 Å². The summed E-state index contributed by atoms with van der Waals surface area (Å²) in [4.78, 5) is 15.6. The Labute approximate surface area is 171 Å². The van der Waals surface area contributed by atoms with Gasteiger partial charge in [0.1, 0.15) is 11.3 Å². The van der Waals surface area contributed by atoms with Gasteiger partial charge in [0.05, 0.1) is 19.1 Å². The highest BCUT2D eigenvalue weighted by Crippen LogP contribution is 2.49. The number of hydrogen-bond donors (Lipinski definition) is 0. The summed E-state index contributed by atoms with van der Waals surface area (Å²) in [6.45, 7) is 0. The summed E-state index contributed by atoms with van der Waals surface area (Å²) in [5, 5.41) is 0. The van der Waals surface area contributed by atoms with Crippen molar-refractivity contribution in [3.63, 3.8) is 0 Å². The summed E-state index contributed by atoms with van der Waals surface area (Å²) < 4.78 is 5.40. The maximum atomic E-state index is 13.5. The second-order valence-electron chi connectivity index (χ2n) is 7.67. The minimum absolute atomic E-state index is 0.0231. The lowest BCUT2D eigenvalue weighted by atomic mass is 9.75. The molecular formula is C26H23NO2. The van der Waals surface area contributed by atoms with Crippen molar-refractivity contribution in [2.75, 3.05) is 7.11 Å². The molecule has 0 saturated carbocycles. The van der Waals surface area contributed by atoms with E-state index < -0.39 is 5.54 Å². The summed E-state index contributed by atoms with van der Waals surface area (Å²) in [6, 6.07) is 28.9. The van der Waals surface area contributed by atoms with E-state index in [0.29, 0.717) is 0 Å². The summed E-state index contributed by atoms with van der Waals surface area (Å²) >= 11 is 0. The Hall–Kier alpha value is -3.33. The minimum atomic E-state index is -0.698. The van der Waals surface area contributed by atoms with E-state index in [0.717, 1.165) is 28.9 Å². The lowest BCUT2D eigenvalue weighted by molar-refractivity contribution is -0.134. The molecule has 3 heteroatoms. The Morgan fingerprint density at radius 1 is 0.793 bits per heavy atom. The van der Waals surface area contributed by atoms with Crippen LogP contribution in [-0.4, -0.2) is 24.0 Å². The van der Waals surface area contributed by atoms with Gasteiger partial charge in [-0.3, -0.25) is 4.79 Å². The Kier molecular flexibility index (Phi) is 4.24. The smallest absolute Gasteiger partial charge is 0.231 e. The van der Waals surface area contributed by atoms with Gasteiger partial charge in [0.2, 0.25) is 5.91 Å². The molecule has 144 valence electrons. The number of hydrogen-bond acceptors (Lipinski definition) is 2. The number of rotatable bonds is 5. The van der Waals surface area contributed by atoms with E-state index in [-0.39, 0.29) is 17.9 Å². The lowest BCUT2D eigenvalue weighted by Gasteiger charge is -2.46. The summed E-state index contributed by atoms with van der Waals surface area (Å²) in [5.41, 5.74) is 2.54. The summed E-state index contributed by atoms with van der Waals surface area (Å²) in [5.74, 6) is 0.976. The van der Waals surface area contributed by atoms with Crippen molar-refractivity contribution in [3.8, 4) is 5.75 Å². The molecule has 3 aromatic carbocycles. The maximum Gasteiger partial charge on any atom is 0.231 e. The molecule has 1 saturated heterocycles. The third-order valence-corrected chi connectivity index (χ3v) is 6.20. The number of carbonyl (C=O) groups excluding carboxylic acids is 1. The summed E-state index contributed by atoms with van der Waals surface area (Å²) in [7, 11) is 1.67. The number of carbonyl (C=O) groups is 1. The van der Waals surface area contributed by atoms with Gasteiger partial charge in [-0.1, -0.05) is 84.9 Å². The van der Waals surface area contributed by atoms with Crippen LogP contribution in [0.1, 0.15) is 23.1 Å². The van der Waals surface area contributed by atoms with Crippen LogP contribution in [0.3, 0.4) is 0 Å². The Morgan fingerprint density at radius 2 is 1.34 bits per heavy atom. The van der Waals surface area contributed by atoms with Crippen molar-refractivity contribution >= 4 is 5.91 Å². The quantitative estimate of drug-likeness (QED) is 0.470. The second-order valence-corrected chi connectivity index (χ2v) is 7.67. The van der Waals surface area contributed by atoms with E-state index in [1.54, 1.807) is 7.11 Å². The highest BCUT2D eigenvalue weighted by atomic mass is 16.5. The van der Waals surface area contributed by atoms with Gasteiger partial charge in [-0.05, 0) is 35.2 Å². The molecule has 2 aliphatic rings. The Bertz CT molecular complexity index is 1000. The van der Waals surface area contributed by atoms with Crippen LogP contribution in [0.4, 0.5) is 0 Å². The third kappa shape index (κ3) is 2.61. The number of ether oxygens (including phenoxy) is 1. The zero-order valence-corrected chi connectivity index (χ0v) is 16.4. The van der Waals surface area contributed by atoms with Gasteiger partial charge in [-0.2, -0.15) is 0 Å². The molecule has 0 radical (unpaired) electrons. The standard InChI is InChI=1S/C26H23NO2/c1-29-24-16-13-22(14-17-24)26(20-8-4-2-5-9-20,21-10-6-3-7-11-21)27-23-15-12-19(18-23)25(27)28/h2-17,19,23H,18H2,1H3/t19-,23+/m0/s1. The van der Waals surface area contributed by atoms with E-state index in [4.69, 9.17) is 4.74 Å². The predicted octanol–water partition coefficient (Wildman–Crippen LogP) is 4.77. The molecule has 5 rings (SSSR count). The van der Waals surface area contributed by atoms with Crippen LogP contribution in [0.15, 0.2) is 97.1 Å². The van der Waals surface area contributed by atoms with Crippen LogP contribution in [0.2, 0.25) is 0 Å². The average molecular weight is 381 g/mol. The van der Waals surface area contributed by atoms with E-state index in [1.807, 2.05) is 48.5 Å². The molecule has 1 aliphatic carbocycles. The molecule has 29 heavy (non-hydrogen) atoms. The van der Waals surface area contributed by atoms with E-state index in [9.17, 15) is 4.79 Å². The largest absolute Gasteiger partial charge is 0.497 e. The first kappa shape index (κ1) is 17.7. The molecule has 0 N–H and O–H groups in total. The fraction of sp³-hybridized carbons (Fsp3) is 0.192. The maximum absolute atomic E-state index is 13.5. The predicted molar refractivity (Wildman–Crippen MR) is 114 cm³/mol. The Balaban J connectivity index is 1.83. The molecular weight excluding hydrogens is 358 g/mol. The van der Waals surface area contributed by atoms with E-state index in [2.05, 4.69) is 53.5 Å². The van der Waals surface area contributed by atoms with Crippen molar-refractivity contribution in [1.82, 2.24) is 4.90 Å². The van der Waals surface area contributed by atoms with E-state index in [1.165, 1.54) is 0 Å². The van der Waals surface area contributed by atoms with E-state index >= 15 is 0 Å². The molecule has 1 amide bonds. The Morgan fingerprint density at radius 3 is 1.83 bits per heavy atom. The van der Waals surface area contributed by atoms with Gasteiger partial charge in [-0.25, -0.2) is 0 Å². The van der Waals surface area contributed by atoms with Crippen molar-refractivity contribution < 1.29 is 9.53 Å². The van der Waals surface area contributed by atoms with Gasteiger partial charge in [-0.15, -0.1) is 0 Å². The van der Waals surface area contributed by atoms with Crippen molar-refractivity contribution in [3.05, 3.63) is 114 Å². The first-order chi connectivity index (χ1) is 14.2. The van der Waals surface area contributed by atoms with Gasteiger partial charge in [0.15, 0.2) is 0 Å². The molecule has 3 nitrogen and oxygen atoms in total. The van der Waals surface area contributed by atoms with Crippen molar-refractivity contribution in [2.45, 2.75) is 18.0 Å². The number of amides is 1. The molecule has 0 spiro atoms. The lowest BCUT2D eigenvalue weighted by Crippen LogP contribution is -2.53. The first-order valence-electron chi connectivity index (χ1n) is 10.0. The van der Waals surface area contributed by atoms with Crippen molar-refractivity contribution in [2.24, 2.45) is 5.92 Å². The normalized spacial score (nSPS) is 20.3. The van der Waals surface area contributed by atoms with Crippen LogP contribution < -0.4 is 4.74 Å². The first-order valence-corrected chi connectivity index (χ1v) is 10.0. The van der Waals surface area contributed by atoms with Gasteiger partial charge >= 0.3 is 0 Å². The molecule has 1 aliphatic heterocycles. The number of benzene rings is 3. The molecule has 0 unspecified atom stereocenters. The third-order valence-electron chi connectivity index (χ3n) is 6.20. The van der Waals surface area contributed by atoms with Gasteiger partial charge in [0, 0.05) is 0 Å². The van der Waals surface area contributed by atoms with Gasteiger partial charge < -0.3 is 9.64 Å². The monoisotopic (exact) mass is 381 g/mol. The molecule has 2 bridgehead atoms. The second kappa shape index (κ2) is 6.93. The average Bonchev–Trinajstić information content (AvgIpc) is 3.39. The molecule has 2 atom stereocenters. The summed E-state index contributed by atoms with van der Waals surface area (Å²) in [6.07, 6.45) is 5.12. The zero-order valence-electron chi connectivity index (χ0n) is 16.4. The fourth-order valence-electron chi connectivity index (χ4n) is 4.92. The highest BCUT2D eigenvalue weighted by Gasteiger charge is 2.53. The fourth-order valence-corrected chi connectivity index (χ4v) is 4.92. The number of nitrogens with zero attached hydrogens (tertiary/aromatic N) is 1. The van der Waals surface area contributed by atoms with Crippen LogP contribution in [-0.2, 0) is 10.3 Å². The zero-order chi connectivity index (χ0) is 19.8. The minimum Gasteiger partial charge on any atom is -0.497 e. The van der Waals surface area contributed by atoms with Crippen LogP contribution >= 0.6 is 0 Å². The highest BCUT2D eigenvalue weighted by molar-refractivity contribution is 5.87. The number of fused-ring (bicyclic) bond motifs is 2. The molecule has 1 heterocycles. The number of likely N-dealkylation sites (tertiary alicyclic amines) is 1.